The second kappa shape index (κ2) is 6.69. The standard InChI is InChI=1S/C17H23ClN6/c18-14-9-20-17(22-12-5-3-11(19)4-6-12)23-16(14)13-8-21-24-15(13)7-10-1-2-10/h8-12H,1-7,19H2,(H,21,24)(H,20,22,23)/t11-,12-. The van der Waals surface area contributed by atoms with E-state index in [9.17, 15) is 0 Å². The van der Waals surface area contributed by atoms with Crippen LogP contribution in [0.1, 0.15) is 44.2 Å². The molecular weight excluding hydrogens is 324 g/mol. The van der Waals surface area contributed by atoms with E-state index in [1.165, 1.54) is 12.8 Å². The zero-order chi connectivity index (χ0) is 16.5. The molecule has 0 amide bonds. The Hall–Kier alpha value is -1.66. The second-order valence-corrected chi connectivity index (χ2v) is 7.46. The van der Waals surface area contributed by atoms with Crippen molar-refractivity contribution >= 4 is 17.5 Å². The van der Waals surface area contributed by atoms with Crippen LogP contribution in [-0.4, -0.2) is 32.2 Å². The fraction of sp³-hybridized carbons (Fsp3) is 0.588. The Morgan fingerprint density at radius 3 is 2.71 bits per heavy atom. The molecule has 0 bridgehead atoms. The molecule has 0 aliphatic heterocycles. The molecule has 2 saturated carbocycles. The monoisotopic (exact) mass is 346 g/mol. The first-order chi connectivity index (χ1) is 11.7. The number of nitrogens with one attached hydrogen (secondary N) is 2. The van der Waals surface area contributed by atoms with E-state index < -0.39 is 0 Å². The van der Waals surface area contributed by atoms with Gasteiger partial charge in [0.25, 0.3) is 0 Å². The van der Waals surface area contributed by atoms with E-state index in [0.29, 0.717) is 23.1 Å². The molecule has 0 aromatic carbocycles. The average molecular weight is 347 g/mol. The lowest BCUT2D eigenvalue weighted by molar-refractivity contribution is 0.410. The Bertz CT molecular complexity index is 703. The number of aromatic amines is 1. The van der Waals surface area contributed by atoms with Gasteiger partial charge in [-0.15, -0.1) is 0 Å². The van der Waals surface area contributed by atoms with Crippen LogP contribution >= 0.6 is 11.6 Å². The number of halogens is 1. The maximum absolute atomic E-state index is 6.36. The van der Waals surface area contributed by atoms with Crippen LogP contribution in [0.5, 0.6) is 0 Å². The minimum Gasteiger partial charge on any atom is -0.351 e. The average Bonchev–Trinajstić information content (AvgIpc) is 3.28. The van der Waals surface area contributed by atoms with Gasteiger partial charge in [0.05, 0.1) is 23.1 Å². The van der Waals surface area contributed by atoms with E-state index in [0.717, 1.165) is 55.0 Å². The van der Waals surface area contributed by atoms with Gasteiger partial charge in [-0.1, -0.05) is 11.6 Å². The molecule has 0 unspecified atom stereocenters. The maximum atomic E-state index is 6.36. The van der Waals surface area contributed by atoms with Gasteiger partial charge in [-0.3, -0.25) is 5.10 Å². The molecule has 7 heteroatoms. The lowest BCUT2D eigenvalue weighted by Crippen LogP contribution is -2.33. The maximum Gasteiger partial charge on any atom is 0.223 e. The molecular formula is C17H23ClN6. The Labute approximate surface area is 146 Å². The predicted molar refractivity (Wildman–Crippen MR) is 94.9 cm³/mol. The van der Waals surface area contributed by atoms with Gasteiger partial charge in [0, 0.05) is 23.3 Å². The van der Waals surface area contributed by atoms with Crippen molar-refractivity contribution in [2.24, 2.45) is 11.7 Å². The first-order valence-corrected chi connectivity index (χ1v) is 9.14. The molecule has 0 spiro atoms. The van der Waals surface area contributed by atoms with E-state index in [1.807, 2.05) is 6.20 Å². The number of hydrogen-bond donors (Lipinski definition) is 3. The van der Waals surface area contributed by atoms with E-state index in [2.05, 4.69) is 25.5 Å². The van der Waals surface area contributed by atoms with Crippen LogP contribution in [0, 0.1) is 5.92 Å². The highest BCUT2D eigenvalue weighted by molar-refractivity contribution is 6.32. The number of H-pyrrole nitrogens is 1. The van der Waals surface area contributed by atoms with Crippen LogP contribution < -0.4 is 11.1 Å². The Kier molecular flexibility index (Phi) is 4.41. The molecule has 2 aliphatic carbocycles. The van der Waals surface area contributed by atoms with Crippen molar-refractivity contribution in [2.45, 2.75) is 57.0 Å². The number of nitrogens with zero attached hydrogens (tertiary/aromatic N) is 3. The van der Waals surface area contributed by atoms with Gasteiger partial charge in [-0.25, -0.2) is 9.97 Å². The number of nitrogens with two attached hydrogens (primary N) is 1. The SMILES string of the molecule is N[C@H]1CC[C@H](Nc2ncc(Cl)c(-c3cn[nH]c3CC3CC3)n2)CC1. The third-order valence-electron chi connectivity index (χ3n) is 5.01. The first kappa shape index (κ1) is 15.8. The Balaban J connectivity index is 1.54. The molecule has 128 valence electrons. The highest BCUT2D eigenvalue weighted by Gasteiger charge is 2.25. The van der Waals surface area contributed by atoms with Crippen molar-refractivity contribution in [3.63, 3.8) is 0 Å². The lowest BCUT2D eigenvalue weighted by Gasteiger charge is -2.26. The summed E-state index contributed by atoms with van der Waals surface area (Å²) in [7, 11) is 0. The van der Waals surface area contributed by atoms with Gasteiger partial charge in [0.1, 0.15) is 0 Å². The molecule has 2 heterocycles. The van der Waals surface area contributed by atoms with Crippen molar-refractivity contribution < 1.29 is 0 Å². The van der Waals surface area contributed by atoms with Gasteiger partial charge >= 0.3 is 0 Å². The Morgan fingerprint density at radius 2 is 1.96 bits per heavy atom. The lowest BCUT2D eigenvalue weighted by atomic mass is 9.92. The minimum absolute atomic E-state index is 0.334. The molecule has 0 radical (unpaired) electrons. The van der Waals surface area contributed by atoms with Crippen LogP contribution in [-0.2, 0) is 6.42 Å². The summed E-state index contributed by atoms with van der Waals surface area (Å²) in [4.78, 5) is 9.02. The quantitative estimate of drug-likeness (QED) is 0.773. The molecule has 2 fully saturated rings. The van der Waals surface area contributed by atoms with Crippen LogP contribution in [0.3, 0.4) is 0 Å². The van der Waals surface area contributed by atoms with Gasteiger partial charge in [-0.2, -0.15) is 5.10 Å². The number of aromatic nitrogens is 4. The van der Waals surface area contributed by atoms with Gasteiger partial charge < -0.3 is 11.1 Å². The third-order valence-corrected chi connectivity index (χ3v) is 5.29. The summed E-state index contributed by atoms with van der Waals surface area (Å²) in [6.45, 7) is 0. The molecule has 2 aliphatic rings. The van der Waals surface area contributed by atoms with Crippen molar-refractivity contribution in [3.05, 3.63) is 23.1 Å². The summed E-state index contributed by atoms with van der Waals surface area (Å²) in [5.74, 6) is 1.40. The van der Waals surface area contributed by atoms with Gasteiger partial charge in [-0.05, 0) is 50.9 Å². The van der Waals surface area contributed by atoms with Crippen LogP contribution in [0.15, 0.2) is 12.4 Å². The fourth-order valence-corrected chi connectivity index (χ4v) is 3.55. The summed E-state index contributed by atoms with van der Waals surface area (Å²) in [6, 6.07) is 0.717. The van der Waals surface area contributed by atoms with Crippen molar-refractivity contribution in [3.8, 4) is 11.3 Å². The number of rotatable bonds is 5. The van der Waals surface area contributed by atoms with Crippen LogP contribution in [0.2, 0.25) is 5.02 Å². The topological polar surface area (TPSA) is 92.5 Å². The van der Waals surface area contributed by atoms with E-state index in [-0.39, 0.29) is 0 Å². The summed E-state index contributed by atoms with van der Waals surface area (Å²) in [6.07, 6.45) is 11.3. The largest absolute Gasteiger partial charge is 0.351 e. The Morgan fingerprint density at radius 1 is 1.17 bits per heavy atom. The smallest absolute Gasteiger partial charge is 0.223 e. The minimum atomic E-state index is 0.334. The molecule has 2 aromatic rings. The highest BCUT2D eigenvalue weighted by atomic mass is 35.5. The molecule has 24 heavy (non-hydrogen) atoms. The second-order valence-electron chi connectivity index (χ2n) is 7.06. The predicted octanol–water partition coefficient (Wildman–Crippen LogP) is 3.15. The zero-order valence-corrected chi connectivity index (χ0v) is 14.4. The molecule has 4 N–H and O–H groups in total. The first-order valence-electron chi connectivity index (χ1n) is 8.76. The molecule has 6 nitrogen and oxygen atoms in total. The van der Waals surface area contributed by atoms with Gasteiger partial charge in [0.15, 0.2) is 0 Å². The summed E-state index contributed by atoms with van der Waals surface area (Å²) >= 11 is 6.36. The van der Waals surface area contributed by atoms with Crippen molar-refractivity contribution in [2.75, 3.05) is 5.32 Å². The molecule has 4 rings (SSSR count). The zero-order valence-electron chi connectivity index (χ0n) is 13.6. The van der Waals surface area contributed by atoms with E-state index in [4.69, 9.17) is 17.3 Å². The van der Waals surface area contributed by atoms with Crippen LogP contribution in [0.25, 0.3) is 11.3 Å². The molecule has 0 atom stereocenters. The van der Waals surface area contributed by atoms with Gasteiger partial charge in [0.2, 0.25) is 5.95 Å². The molecule has 2 aromatic heterocycles. The summed E-state index contributed by atoms with van der Waals surface area (Å²) in [5, 5.41) is 11.3. The number of anilines is 1. The van der Waals surface area contributed by atoms with Crippen molar-refractivity contribution in [1.29, 1.82) is 0 Å². The third kappa shape index (κ3) is 3.54. The normalized spacial score (nSPS) is 24.1. The summed E-state index contributed by atoms with van der Waals surface area (Å²) in [5.41, 5.74) is 8.84. The van der Waals surface area contributed by atoms with E-state index >= 15 is 0 Å². The summed E-state index contributed by atoms with van der Waals surface area (Å²) < 4.78 is 0. The van der Waals surface area contributed by atoms with E-state index in [1.54, 1.807) is 6.20 Å². The van der Waals surface area contributed by atoms with Crippen LogP contribution in [0.4, 0.5) is 5.95 Å². The fourth-order valence-electron chi connectivity index (χ4n) is 3.35. The molecule has 0 saturated heterocycles. The highest BCUT2D eigenvalue weighted by Crippen LogP contribution is 2.36. The van der Waals surface area contributed by atoms with Crippen molar-refractivity contribution in [1.82, 2.24) is 20.2 Å². The number of hydrogen-bond acceptors (Lipinski definition) is 5.